The summed E-state index contributed by atoms with van der Waals surface area (Å²) in [5.41, 5.74) is 3.21. The van der Waals surface area contributed by atoms with Gasteiger partial charge in [-0.25, -0.2) is 0 Å². The maximum atomic E-state index is 10.4. The first-order valence-electron chi connectivity index (χ1n) is 6.86. The van der Waals surface area contributed by atoms with Crippen molar-refractivity contribution in [3.05, 3.63) is 62.3 Å². The minimum Gasteiger partial charge on any atom is -0.386 e. The van der Waals surface area contributed by atoms with Crippen LogP contribution in [0.25, 0.3) is 0 Å². The monoisotopic (exact) mass is 411 g/mol. The molecule has 0 saturated heterocycles. The second-order valence-electron chi connectivity index (χ2n) is 6.19. The fourth-order valence-corrected chi connectivity index (χ4v) is 3.38. The van der Waals surface area contributed by atoms with Gasteiger partial charge in [-0.2, -0.15) is 0 Å². The standard InChI is InChI=1S/C17H19Br2NO/c1-17(2,3)12-6-4-11(5-7-12)8-15(21)16-14(19)9-13(18)10-20-16/h4-7,9-10,15,21H,8H2,1-3H3. The molecule has 2 rings (SSSR count). The fourth-order valence-electron chi connectivity index (χ4n) is 2.13. The van der Waals surface area contributed by atoms with Gasteiger partial charge in [-0.05, 0) is 54.5 Å². The van der Waals surface area contributed by atoms with Gasteiger partial charge in [0, 0.05) is 21.6 Å². The Hall–Kier alpha value is -0.710. The maximum absolute atomic E-state index is 10.4. The molecule has 21 heavy (non-hydrogen) atoms. The molecule has 0 saturated carbocycles. The Bertz CT molecular complexity index is 618. The fraction of sp³-hybridized carbons (Fsp3) is 0.353. The molecule has 0 spiro atoms. The second-order valence-corrected chi connectivity index (χ2v) is 7.96. The van der Waals surface area contributed by atoms with Crippen LogP contribution in [0.5, 0.6) is 0 Å². The molecule has 2 aromatic rings. The van der Waals surface area contributed by atoms with Gasteiger partial charge in [0.25, 0.3) is 0 Å². The van der Waals surface area contributed by atoms with E-state index in [0.29, 0.717) is 12.1 Å². The normalized spacial score (nSPS) is 13.2. The van der Waals surface area contributed by atoms with Crippen LogP contribution in [0.1, 0.15) is 43.7 Å². The van der Waals surface area contributed by atoms with E-state index >= 15 is 0 Å². The summed E-state index contributed by atoms with van der Waals surface area (Å²) in [5, 5.41) is 10.4. The number of hydrogen-bond acceptors (Lipinski definition) is 2. The largest absolute Gasteiger partial charge is 0.386 e. The Balaban J connectivity index is 2.14. The summed E-state index contributed by atoms with van der Waals surface area (Å²) >= 11 is 6.81. The van der Waals surface area contributed by atoms with Gasteiger partial charge in [-0.1, -0.05) is 45.0 Å². The van der Waals surface area contributed by atoms with Crippen LogP contribution < -0.4 is 0 Å². The molecule has 1 aromatic carbocycles. The number of pyridine rings is 1. The highest BCUT2D eigenvalue weighted by Gasteiger charge is 2.16. The molecule has 0 bridgehead atoms. The first-order valence-corrected chi connectivity index (χ1v) is 8.44. The van der Waals surface area contributed by atoms with Gasteiger partial charge in [0.15, 0.2) is 0 Å². The van der Waals surface area contributed by atoms with Crippen LogP contribution in [0.15, 0.2) is 45.5 Å². The van der Waals surface area contributed by atoms with Crippen molar-refractivity contribution in [1.82, 2.24) is 4.98 Å². The minimum atomic E-state index is -0.618. The van der Waals surface area contributed by atoms with E-state index in [1.165, 1.54) is 5.56 Å². The van der Waals surface area contributed by atoms with Crippen molar-refractivity contribution in [3.63, 3.8) is 0 Å². The third kappa shape index (κ3) is 4.38. The van der Waals surface area contributed by atoms with Crippen LogP contribution in [0, 0.1) is 0 Å². The first-order chi connectivity index (χ1) is 9.77. The zero-order chi connectivity index (χ0) is 15.6. The molecule has 1 aromatic heterocycles. The molecule has 112 valence electrons. The average Bonchev–Trinajstić information content (AvgIpc) is 2.38. The topological polar surface area (TPSA) is 33.1 Å². The van der Waals surface area contributed by atoms with Gasteiger partial charge < -0.3 is 5.11 Å². The van der Waals surface area contributed by atoms with Gasteiger partial charge in [0.05, 0.1) is 5.69 Å². The number of rotatable bonds is 3. The molecule has 0 aliphatic heterocycles. The predicted molar refractivity (Wildman–Crippen MR) is 93.4 cm³/mol. The van der Waals surface area contributed by atoms with E-state index in [2.05, 4.69) is 81.9 Å². The van der Waals surface area contributed by atoms with Crippen molar-refractivity contribution in [1.29, 1.82) is 0 Å². The number of halogens is 2. The highest BCUT2D eigenvalue weighted by atomic mass is 79.9. The van der Waals surface area contributed by atoms with Crippen molar-refractivity contribution in [2.45, 2.75) is 38.7 Å². The van der Waals surface area contributed by atoms with Gasteiger partial charge >= 0.3 is 0 Å². The van der Waals surface area contributed by atoms with E-state index in [9.17, 15) is 5.11 Å². The number of benzene rings is 1. The Morgan fingerprint density at radius 3 is 2.29 bits per heavy atom. The van der Waals surface area contributed by atoms with Gasteiger partial charge in [-0.15, -0.1) is 0 Å². The SMILES string of the molecule is CC(C)(C)c1ccc(CC(O)c2ncc(Br)cc2Br)cc1. The molecule has 1 unspecified atom stereocenters. The molecule has 0 radical (unpaired) electrons. The molecule has 1 atom stereocenters. The summed E-state index contributed by atoms with van der Waals surface area (Å²) in [7, 11) is 0. The number of aromatic nitrogens is 1. The Kier molecular flexibility index (Phi) is 5.23. The lowest BCUT2D eigenvalue weighted by molar-refractivity contribution is 0.172. The van der Waals surface area contributed by atoms with Gasteiger partial charge in [0.2, 0.25) is 0 Å². The number of hydrogen-bond donors (Lipinski definition) is 1. The van der Waals surface area contributed by atoms with E-state index in [0.717, 1.165) is 14.5 Å². The number of nitrogens with zero attached hydrogens (tertiary/aromatic N) is 1. The van der Waals surface area contributed by atoms with E-state index in [1.807, 2.05) is 6.07 Å². The highest BCUT2D eigenvalue weighted by Crippen LogP contribution is 2.28. The van der Waals surface area contributed by atoms with Crippen molar-refractivity contribution in [2.24, 2.45) is 0 Å². The molecular formula is C17H19Br2NO. The highest BCUT2D eigenvalue weighted by molar-refractivity contribution is 9.11. The minimum absolute atomic E-state index is 0.146. The molecule has 1 heterocycles. The Morgan fingerprint density at radius 1 is 1.14 bits per heavy atom. The summed E-state index contributed by atoms with van der Waals surface area (Å²) < 4.78 is 1.70. The summed E-state index contributed by atoms with van der Waals surface area (Å²) in [6.45, 7) is 6.58. The van der Waals surface area contributed by atoms with Crippen molar-refractivity contribution >= 4 is 31.9 Å². The van der Waals surface area contributed by atoms with Crippen LogP contribution in [0.4, 0.5) is 0 Å². The molecule has 2 nitrogen and oxygen atoms in total. The summed E-state index contributed by atoms with van der Waals surface area (Å²) in [6, 6.07) is 10.3. The number of aliphatic hydroxyl groups excluding tert-OH is 1. The Morgan fingerprint density at radius 2 is 1.76 bits per heavy atom. The van der Waals surface area contributed by atoms with Crippen LogP contribution >= 0.6 is 31.9 Å². The van der Waals surface area contributed by atoms with Crippen molar-refractivity contribution < 1.29 is 5.11 Å². The van der Waals surface area contributed by atoms with Gasteiger partial charge in [0.1, 0.15) is 6.10 Å². The summed E-state index contributed by atoms with van der Waals surface area (Å²) in [5.74, 6) is 0. The molecule has 0 fully saturated rings. The molecule has 0 aliphatic rings. The van der Waals surface area contributed by atoms with E-state index < -0.39 is 6.10 Å². The molecule has 0 aliphatic carbocycles. The summed E-state index contributed by atoms with van der Waals surface area (Å²) in [6.07, 6.45) is 1.64. The molecular weight excluding hydrogens is 394 g/mol. The van der Waals surface area contributed by atoms with E-state index in [1.54, 1.807) is 6.20 Å². The molecule has 1 N–H and O–H groups in total. The van der Waals surface area contributed by atoms with Crippen LogP contribution in [-0.2, 0) is 11.8 Å². The van der Waals surface area contributed by atoms with Crippen LogP contribution in [0.2, 0.25) is 0 Å². The zero-order valence-corrected chi connectivity index (χ0v) is 15.6. The first kappa shape index (κ1) is 16.7. The predicted octanol–water partition coefficient (Wildman–Crippen LogP) is 5.18. The van der Waals surface area contributed by atoms with Crippen LogP contribution in [0.3, 0.4) is 0 Å². The lowest BCUT2D eigenvalue weighted by Crippen LogP contribution is -2.11. The van der Waals surface area contributed by atoms with E-state index in [4.69, 9.17) is 0 Å². The third-order valence-corrected chi connectivity index (χ3v) is 4.47. The lowest BCUT2D eigenvalue weighted by Gasteiger charge is -2.19. The quantitative estimate of drug-likeness (QED) is 0.753. The lowest BCUT2D eigenvalue weighted by atomic mass is 9.86. The average molecular weight is 413 g/mol. The second kappa shape index (κ2) is 6.59. The van der Waals surface area contributed by atoms with Crippen molar-refractivity contribution in [2.75, 3.05) is 0 Å². The summed E-state index contributed by atoms with van der Waals surface area (Å²) in [4.78, 5) is 4.29. The third-order valence-electron chi connectivity index (χ3n) is 3.40. The van der Waals surface area contributed by atoms with Gasteiger partial charge in [-0.3, -0.25) is 4.98 Å². The Labute approximate surface area is 142 Å². The molecule has 0 amide bonds. The number of aliphatic hydroxyl groups is 1. The maximum Gasteiger partial charge on any atom is 0.101 e. The zero-order valence-electron chi connectivity index (χ0n) is 12.4. The van der Waals surface area contributed by atoms with E-state index in [-0.39, 0.29) is 5.41 Å². The smallest absolute Gasteiger partial charge is 0.101 e. The van der Waals surface area contributed by atoms with Crippen molar-refractivity contribution in [3.8, 4) is 0 Å². The molecule has 4 heteroatoms. The van der Waals surface area contributed by atoms with Crippen LogP contribution in [-0.4, -0.2) is 10.1 Å².